The average molecular weight is 537 g/mol. The molecule has 0 radical (unpaired) electrons. The van der Waals surface area contributed by atoms with E-state index in [4.69, 9.17) is 5.11 Å². The summed E-state index contributed by atoms with van der Waals surface area (Å²) in [7, 11) is 2.05. The van der Waals surface area contributed by atoms with Crippen molar-refractivity contribution in [2.45, 2.75) is 78.0 Å². The molecule has 0 amide bonds. The molecule has 3 N–H and O–H groups in total. The normalized spacial score (nSPS) is 12.7. The fourth-order valence-electron chi connectivity index (χ4n) is 4.94. The summed E-state index contributed by atoms with van der Waals surface area (Å²) in [5.41, 5.74) is 6.12. The molecule has 38 heavy (non-hydrogen) atoms. The molecule has 0 saturated heterocycles. The van der Waals surface area contributed by atoms with Crippen LogP contribution in [0.5, 0.6) is 0 Å². The number of aliphatic hydroxyl groups is 1. The van der Waals surface area contributed by atoms with Crippen LogP contribution in [0.3, 0.4) is 0 Å². The molecule has 1 atom stereocenters. The molecule has 5 nitrogen and oxygen atoms in total. The first-order chi connectivity index (χ1) is 18.0. The molecule has 206 valence electrons. The highest BCUT2D eigenvalue weighted by atomic mass is 32.1. The average Bonchev–Trinajstić information content (AvgIpc) is 3.22. The molecule has 0 spiro atoms. The number of carboxylic acids is 1. The second-order valence-electron chi connectivity index (χ2n) is 11.3. The van der Waals surface area contributed by atoms with Gasteiger partial charge in [-0.2, -0.15) is 0 Å². The molecule has 0 unspecified atom stereocenters. The Morgan fingerprint density at radius 1 is 1.05 bits per heavy atom. The minimum atomic E-state index is -0.762. The van der Waals surface area contributed by atoms with Gasteiger partial charge in [-0.3, -0.25) is 9.69 Å². The number of hydrogen-bond donors (Lipinski definition) is 3. The number of nitrogens with zero attached hydrogens (tertiary/aromatic N) is 1. The molecular weight excluding hydrogens is 492 g/mol. The summed E-state index contributed by atoms with van der Waals surface area (Å²) >= 11 is 1.69. The maximum absolute atomic E-state index is 11.0. The van der Waals surface area contributed by atoms with Crippen LogP contribution in [0.2, 0.25) is 0 Å². The summed E-state index contributed by atoms with van der Waals surface area (Å²) in [6.07, 6.45) is 3.51. The molecule has 3 rings (SSSR count). The second-order valence-corrected chi connectivity index (χ2v) is 12.4. The molecule has 2 aromatic carbocycles. The van der Waals surface area contributed by atoms with Crippen LogP contribution in [0.4, 0.5) is 0 Å². The van der Waals surface area contributed by atoms with Gasteiger partial charge < -0.3 is 15.5 Å². The van der Waals surface area contributed by atoms with Gasteiger partial charge in [0.1, 0.15) is 0 Å². The summed E-state index contributed by atoms with van der Waals surface area (Å²) in [6.45, 7) is 10.5. The van der Waals surface area contributed by atoms with Crippen molar-refractivity contribution in [1.82, 2.24) is 10.2 Å². The Bertz CT molecular complexity index is 1170. The van der Waals surface area contributed by atoms with E-state index < -0.39 is 12.1 Å². The Labute approximate surface area is 232 Å². The zero-order chi connectivity index (χ0) is 27.7. The van der Waals surface area contributed by atoms with Crippen LogP contribution in [-0.2, 0) is 24.2 Å². The minimum absolute atomic E-state index is 0.0261. The zero-order valence-electron chi connectivity index (χ0n) is 23.6. The third kappa shape index (κ3) is 9.99. The maximum Gasteiger partial charge on any atom is 0.303 e. The number of rotatable bonds is 15. The van der Waals surface area contributed by atoms with E-state index in [1.807, 2.05) is 0 Å². The molecule has 0 fully saturated rings. The fourth-order valence-corrected chi connectivity index (χ4v) is 6.09. The smallest absolute Gasteiger partial charge is 0.303 e. The molecule has 0 aliphatic heterocycles. The number of nitrogens with one attached hydrogen (secondary N) is 1. The van der Waals surface area contributed by atoms with E-state index >= 15 is 0 Å². The number of aliphatic carboxylic acids is 1. The van der Waals surface area contributed by atoms with Crippen molar-refractivity contribution in [3.05, 3.63) is 81.7 Å². The highest BCUT2D eigenvalue weighted by Crippen LogP contribution is 2.34. The van der Waals surface area contributed by atoms with Crippen LogP contribution in [0.15, 0.2) is 54.6 Å². The summed E-state index contributed by atoms with van der Waals surface area (Å²) < 4.78 is 0. The van der Waals surface area contributed by atoms with Crippen LogP contribution < -0.4 is 5.32 Å². The molecule has 0 aliphatic carbocycles. The molecule has 0 aliphatic rings. The lowest BCUT2D eigenvalue weighted by molar-refractivity contribution is -0.136. The quantitative estimate of drug-likeness (QED) is 0.215. The van der Waals surface area contributed by atoms with E-state index in [9.17, 15) is 9.90 Å². The Hall–Kier alpha value is -2.51. The topological polar surface area (TPSA) is 72.8 Å². The third-order valence-electron chi connectivity index (χ3n) is 6.85. The van der Waals surface area contributed by atoms with E-state index in [0.717, 1.165) is 30.7 Å². The number of thiophene rings is 1. The van der Waals surface area contributed by atoms with Gasteiger partial charge >= 0.3 is 5.97 Å². The van der Waals surface area contributed by atoms with Crippen LogP contribution in [0.25, 0.3) is 10.4 Å². The van der Waals surface area contributed by atoms with Crippen molar-refractivity contribution in [1.29, 1.82) is 0 Å². The number of benzene rings is 2. The monoisotopic (exact) mass is 536 g/mol. The van der Waals surface area contributed by atoms with Crippen LogP contribution in [-0.4, -0.2) is 52.9 Å². The van der Waals surface area contributed by atoms with Crippen molar-refractivity contribution < 1.29 is 15.0 Å². The number of aliphatic hydroxyl groups excluding tert-OH is 1. The molecule has 0 bridgehead atoms. The van der Waals surface area contributed by atoms with Gasteiger partial charge in [-0.1, -0.05) is 48.0 Å². The van der Waals surface area contributed by atoms with Crippen molar-refractivity contribution in [2.75, 3.05) is 20.1 Å². The molecule has 0 saturated carbocycles. The third-order valence-corrected chi connectivity index (χ3v) is 8.20. The van der Waals surface area contributed by atoms with Gasteiger partial charge in [-0.05, 0) is 94.8 Å². The van der Waals surface area contributed by atoms with Crippen molar-refractivity contribution >= 4 is 17.3 Å². The Morgan fingerprint density at radius 3 is 2.50 bits per heavy atom. The number of carbonyl (C=O) groups is 1. The molecular formula is C32H44N2O3S. The number of hydrogen-bond acceptors (Lipinski definition) is 5. The number of carboxylic acid groups (broad SMARTS) is 1. The van der Waals surface area contributed by atoms with Gasteiger partial charge in [-0.25, -0.2) is 0 Å². The minimum Gasteiger partial charge on any atom is -0.481 e. The lowest BCUT2D eigenvalue weighted by atomic mass is 9.95. The summed E-state index contributed by atoms with van der Waals surface area (Å²) in [6, 6.07) is 19.3. The van der Waals surface area contributed by atoms with Crippen LogP contribution in [0.1, 0.15) is 60.2 Å². The van der Waals surface area contributed by atoms with Gasteiger partial charge in [0.05, 0.1) is 12.5 Å². The van der Waals surface area contributed by atoms with Crippen molar-refractivity contribution in [3.8, 4) is 10.4 Å². The Morgan fingerprint density at radius 2 is 1.79 bits per heavy atom. The van der Waals surface area contributed by atoms with E-state index in [1.54, 1.807) is 11.3 Å². The lowest BCUT2D eigenvalue weighted by Gasteiger charge is -2.29. The zero-order valence-corrected chi connectivity index (χ0v) is 24.4. The van der Waals surface area contributed by atoms with Gasteiger partial charge in [-0.15, -0.1) is 11.3 Å². The summed E-state index contributed by atoms with van der Waals surface area (Å²) in [5, 5.41) is 23.3. The summed E-state index contributed by atoms with van der Waals surface area (Å²) in [5.74, 6) is -0.762. The Kier molecular flexibility index (Phi) is 11.1. The maximum atomic E-state index is 11.0. The first kappa shape index (κ1) is 30.0. The van der Waals surface area contributed by atoms with E-state index in [0.29, 0.717) is 19.5 Å². The highest BCUT2D eigenvalue weighted by molar-refractivity contribution is 7.15. The van der Waals surface area contributed by atoms with E-state index in [2.05, 4.69) is 99.6 Å². The van der Waals surface area contributed by atoms with Crippen LogP contribution in [0, 0.1) is 13.8 Å². The van der Waals surface area contributed by atoms with Gasteiger partial charge in [0.25, 0.3) is 0 Å². The number of likely N-dealkylation sites (N-methyl/N-ethyl adjacent to an activating group) is 1. The lowest BCUT2D eigenvalue weighted by Crippen LogP contribution is -2.46. The van der Waals surface area contributed by atoms with Gasteiger partial charge in [0, 0.05) is 34.9 Å². The highest BCUT2D eigenvalue weighted by Gasteiger charge is 2.19. The Balaban J connectivity index is 1.50. The molecule has 6 heteroatoms. The molecule has 1 aromatic heterocycles. The number of aryl methyl sites for hydroxylation is 4. The summed E-state index contributed by atoms with van der Waals surface area (Å²) in [4.78, 5) is 15.5. The predicted octanol–water partition coefficient (Wildman–Crippen LogP) is 6.23. The fraction of sp³-hybridized carbons (Fsp3) is 0.469. The molecule has 1 heterocycles. The second kappa shape index (κ2) is 14.0. The van der Waals surface area contributed by atoms with Crippen LogP contribution >= 0.6 is 11.3 Å². The standard InChI is InChI=1S/C32H44N2O3S/c1-23-16-26(19-27(17-23)31-24(2)18-29(38-31)13-14-30(36)37)21-34(5)22-28(35)20-33-32(3,4)15-9-12-25-10-7-6-8-11-25/h6-8,10-11,16-19,28,33,35H,9,12-15,20-22H2,1-5H3,(H,36,37)/t28-/m1/s1. The van der Waals surface area contributed by atoms with Crippen molar-refractivity contribution in [2.24, 2.45) is 0 Å². The van der Waals surface area contributed by atoms with E-state index in [-0.39, 0.29) is 12.0 Å². The van der Waals surface area contributed by atoms with Gasteiger partial charge in [0.2, 0.25) is 0 Å². The van der Waals surface area contributed by atoms with E-state index in [1.165, 1.54) is 32.7 Å². The SMILES string of the molecule is Cc1cc(CN(C)C[C@H](O)CNC(C)(C)CCCc2ccccc2)cc(-c2sc(CCC(=O)O)cc2C)c1. The van der Waals surface area contributed by atoms with Crippen molar-refractivity contribution in [3.63, 3.8) is 0 Å². The first-order valence-electron chi connectivity index (χ1n) is 13.6. The van der Waals surface area contributed by atoms with Gasteiger partial charge in [0.15, 0.2) is 0 Å². The first-order valence-corrected chi connectivity index (χ1v) is 14.4. The predicted molar refractivity (Wildman–Crippen MR) is 159 cm³/mol. The largest absolute Gasteiger partial charge is 0.481 e. The number of β-amino-alcohol motifs (C(OH)–C–C–N with tert-alkyl or cyclic N) is 1. The molecule has 3 aromatic rings.